The summed E-state index contributed by atoms with van der Waals surface area (Å²) in [6.07, 6.45) is 3.18. The average molecular weight is 418 g/mol. The van der Waals surface area contributed by atoms with Gasteiger partial charge in [-0.1, -0.05) is 0 Å². The van der Waals surface area contributed by atoms with E-state index in [0.29, 0.717) is 12.0 Å². The Kier molecular flexibility index (Phi) is 4.88. The highest BCUT2D eigenvalue weighted by atomic mass is 79.9. The minimum Gasteiger partial charge on any atom is -0.381 e. The van der Waals surface area contributed by atoms with Gasteiger partial charge in [-0.2, -0.15) is 5.10 Å². The van der Waals surface area contributed by atoms with Gasteiger partial charge in [0.15, 0.2) is 0 Å². The van der Waals surface area contributed by atoms with Crippen molar-refractivity contribution in [3.05, 3.63) is 45.7 Å². The zero-order valence-electron chi connectivity index (χ0n) is 15.2. The molecule has 5 nitrogen and oxygen atoms in total. The summed E-state index contributed by atoms with van der Waals surface area (Å²) >= 11 is 3.57. The number of fused-ring (bicyclic) bond motifs is 1. The molecule has 0 saturated carbocycles. The van der Waals surface area contributed by atoms with Gasteiger partial charge in [0.1, 0.15) is 0 Å². The first-order chi connectivity index (χ1) is 12.6. The molecular weight excluding hydrogens is 394 g/mol. The van der Waals surface area contributed by atoms with Crippen LogP contribution in [0.5, 0.6) is 0 Å². The van der Waals surface area contributed by atoms with Crippen LogP contribution < -0.4 is 0 Å². The number of hydrogen-bond acceptors (Lipinski definition) is 3. The highest BCUT2D eigenvalue weighted by Crippen LogP contribution is 2.31. The van der Waals surface area contributed by atoms with E-state index in [-0.39, 0.29) is 5.91 Å². The molecule has 1 amide bonds. The number of rotatable bonds is 2. The van der Waals surface area contributed by atoms with E-state index in [4.69, 9.17) is 4.74 Å². The van der Waals surface area contributed by atoms with Gasteiger partial charge in [0.25, 0.3) is 5.91 Å². The predicted molar refractivity (Wildman–Crippen MR) is 104 cm³/mol. The molecule has 2 saturated heterocycles. The average Bonchev–Trinajstić information content (AvgIpc) is 2.94. The molecule has 2 aromatic rings. The number of carbonyl (C=O) groups is 1. The van der Waals surface area contributed by atoms with Crippen molar-refractivity contribution in [1.82, 2.24) is 14.7 Å². The molecule has 26 heavy (non-hydrogen) atoms. The number of benzene rings is 1. The quantitative estimate of drug-likeness (QED) is 0.744. The van der Waals surface area contributed by atoms with Crippen molar-refractivity contribution < 1.29 is 9.53 Å². The maximum absolute atomic E-state index is 13.1. The van der Waals surface area contributed by atoms with Crippen LogP contribution in [0.2, 0.25) is 0 Å². The van der Waals surface area contributed by atoms with Gasteiger partial charge in [0.2, 0.25) is 0 Å². The Morgan fingerprint density at radius 2 is 2.00 bits per heavy atom. The van der Waals surface area contributed by atoms with Crippen LogP contribution in [0.3, 0.4) is 0 Å². The van der Waals surface area contributed by atoms with Gasteiger partial charge in [-0.15, -0.1) is 0 Å². The summed E-state index contributed by atoms with van der Waals surface area (Å²) in [4.78, 5) is 15.2. The normalized spacial score (nSPS) is 23.0. The van der Waals surface area contributed by atoms with Gasteiger partial charge in [0, 0.05) is 30.7 Å². The number of hydrogen-bond donors (Lipinski definition) is 0. The molecule has 3 heterocycles. The maximum Gasteiger partial charge on any atom is 0.254 e. The van der Waals surface area contributed by atoms with Gasteiger partial charge >= 0.3 is 0 Å². The summed E-state index contributed by atoms with van der Waals surface area (Å²) in [6.45, 7) is 6.41. The number of likely N-dealkylation sites (tertiary alicyclic amines) is 1. The number of aryl methyl sites for hydroxylation is 1. The molecule has 2 aliphatic heterocycles. The lowest BCUT2D eigenvalue weighted by Gasteiger charge is -2.43. The summed E-state index contributed by atoms with van der Waals surface area (Å²) < 4.78 is 8.54. The number of ether oxygens (including phenoxy) is 1. The Hall–Kier alpha value is -1.66. The van der Waals surface area contributed by atoms with Gasteiger partial charge in [-0.05, 0) is 73.3 Å². The molecule has 138 valence electrons. The second-order valence-electron chi connectivity index (χ2n) is 7.28. The number of aromatic nitrogens is 2. The first-order valence-electron chi connectivity index (χ1n) is 9.27. The van der Waals surface area contributed by atoms with E-state index >= 15 is 0 Å². The summed E-state index contributed by atoms with van der Waals surface area (Å²) in [7, 11) is 0. The van der Waals surface area contributed by atoms with Gasteiger partial charge in [0.05, 0.1) is 28.2 Å². The SMILES string of the molecule is Cc1nn(-c2ccc(C(=O)N3CCCC4COCCC43)cc2)c(C)c1Br. The lowest BCUT2D eigenvalue weighted by Crippen LogP contribution is -2.52. The van der Waals surface area contributed by atoms with Crippen LogP contribution in [0.25, 0.3) is 5.69 Å². The van der Waals surface area contributed by atoms with Crippen molar-refractivity contribution in [2.24, 2.45) is 5.92 Å². The lowest BCUT2D eigenvalue weighted by molar-refractivity contribution is -0.0271. The molecule has 0 radical (unpaired) electrons. The molecule has 0 N–H and O–H groups in total. The fourth-order valence-electron chi connectivity index (χ4n) is 4.20. The van der Waals surface area contributed by atoms with Crippen molar-refractivity contribution in [3.8, 4) is 5.69 Å². The standard InChI is InChI=1S/C20H24BrN3O2/c1-13-19(21)14(2)24(22-13)17-7-5-15(6-8-17)20(25)23-10-3-4-16-12-26-11-9-18(16)23/h5-8,16,18H,3-4,9-12H2,1-2H3. The number of halogens is 1. The van der Waals surface area contributed by atoms with Crippen molar-refractivity contribution in [2.75, 3.05) is 19.8 Å². The molecule has 1 aromatic heterocycles. The van der Waals surface area contributed by atoms with Crippen molar-refractivity contribution in [3.63, 3.8) is 0 Å². The summed E-state index contributed by atoms with van der Waals surface area (Å²) in [5, 5.41) is 4.56. The molecule has 0 aliphatic carbocycles. The van der Waals surface area contributed by atoms with Crippen LogP contribution in [0.1, 0.15) is 41.0 Å². The smallest absolute Gasteiger partial charge is 0.254 e. The molecule has 4 rings (SSSR count). The van der Waals surface area contributed by atoms with E-state index in [1.807, 2.05) is 42.8 Å². The van der Waals surface area contributed by atoms with E-state index < -0.39 is 0 Å². The maximum atomic E-state index is 13.1. The second-order valence-corrected chi connectivity index (χ2v) is 8.07. The number of piperidine rings is 1. The van der Waals surface area contributed by atoms with Crippen LogP contribution in [0.4, 0.5) is 0 Å². The van der Waals surface area contributed by atoms with Crippen molar-refractivity contribution in [2.45, 2.75) is 39.2 Å². The molecule has 2 fully saturated rings. The van der Waals surface area contributed by atoms with Crippen molar-refractivity contribution in [1.29, 1.82) is 0 Å². The van der Waals surface area contributed by atoms with E-state index in [2.05, 4.69) is 25.9 Å². The van der Waals surface area contributed by atoms with Gasteiger partial charge in [-0.25, -0.2) is 4.68 Å². The van der Waals surface area contributed by atoms with Crippen LogP contribution >= 0.6 is 15.9 Å². The summed E-state index contributed by atoms with van der Waals surface area (Å²) in [5.41, 5.74) is 3.74. The van der Waals surface area contributed by atoms with Crippen molar-refractivity contribution >= 4 is 21.8 Å². The Labute approximate surface area is 162 Å². The molecule has 2 aliphatic rings. The van der Waals surface area contributed by atoms with Crippen LogP contribution in [0.15, 0.2) is 28.7 Å². The molecule has 2 unspecified atom stereocenters. The minimum atomic E-state index is 0.141. The fourth-order valence-corrected chi connectivity index (χ4v) is 4.45. The lowest BCUT2D eigenvalue weighted by atomic mass is 9.86. The third-order valence-corrected chi connectivity index (χ3v) is 6.78. The van der Waals surface area contributed by atoms with Crippen LogP contribution in [0, 0.1) is 19.8 Å². The van der Waals surface area contributed by atoms with Crippen LogP contribution in [-0.4, -0.2) is 46.4 Å². The molecule has 6 heteroatoms. The first kappa shape index (κ1) is 17.7. The molecule has 1 aromatic carbocycles. The number of carbonyl (C=O) groups excluding carboxylic acids is 1. The molecular formula is C20H24BrN3O2. The zero-order chi connectivity index (χ0) is 18.3. The molecule has 0 bridgehead atoms. The largest absolute Gasteiger partial charge is 0.381 e. The third kappa shape index (κ3) is 3.09. The highest BCUT2D eigenvalue weighted by Gasteiger charge is 2.36. The zero-order valence-corrected chi connectivity index (χ0v) is 16.8. The fraction of sp³-hybridized carbons (Fsp3) is 0.500. The highest BCUT2D eigenvalue weighted by molar-refractivity contribution is 9.10. The van der Waals surface area contributed by atoms with E-state index in [1.165, 1.54) is 6.42 Å². The van der Waals surface area contributed by atoms with E-state index in [1.54, 1.807) is 0 Å². The predicted octanol–water partition coefficient (Wildman–Crippen LogP) is 3.89. The monoisotopic (exact) mass is 417 g/mol. The van der Waals surface area contributed by atoms with E-state index in [9.17, 15) is 4.79 Å². The minimum absolute atomic E-state index is 0.141. The summed E-state index contributed by atoms with van der Waals surface area (Å²) in [5.74, 6) is 0.635. The second kappa shape index (κ2) is 7.16. The Bertz CT molecular complexity index is 813. The topological polar surface area (TPSA) is 47.4 Å². The Morgan fingerprint density at radius 1 is 1.23 bits per heavy atom. The van der Waals surface area contributed by atoms with Gasteiger partial charge in [-0.3, -0.25) is 4.79 Å². The first-order valence-corrected chi connectivity index (χ1v) is 10.1. The Morgan fingerprint density at radius 3 is 2.69 bits per heavy atom. The van der Waals surface area contributed by atoms with Crippen LogP contribution in [-0.2, 0) is 4.74 Å². The molecule has 2 atom stereocenters. The number of nitrogens with zero attached hydrogens (tertiary/aromatic N) is 3. The Balaban J connectivity index is 1.56. The third-order valence-electron chi connectivity index (χ3n) is 5.63. The molecule has 0 spiro atoms. The van der Waals surface area contributed by atoms with Gasteiger partial charge < -0.3 is 9.64 Å². The number of amides is 1. The van der Waals surface area contributed by atoms with E-state index in [0.717, 1.165) is 59.7 Å². The summed E-state index contributed by atoms with van der Waals surface area (Å²) in [6, 6.07) is 8.13.